The van der Waals surface area contributed by atoms with Crippen molar-refractivity contribution in [2.75, 3.05) is 5.32 Å². The highest BCUT2D eigenvalue weighted by Crippen LogP contribution is 2.34. The Labute approximate surface area is 192 Å². The lowest BCUT2D eigenvalue weighted by Gasteiger charge is -2.12. The van der Waals surface area contributed by atoms with E-state index in [0.717, 1.165) is 36.1 Å². The van der Waals surface area contributed by atoms with Gasteiger partial charge in [-0.2, -0.15) is 0 Å². The van der Waals surface area contributed by atoms with E-state index in [1.165, 1.54) is 12.1 Å². The van der Waals surface area contributed by atoms with Crippen LogP contribution >= 0.6 is 11.6 Å². The summed E-state index contributed by atoms with van der Waals surface area (Å²) >= 11 is 6.41. The first-order chi connectivity index (χ1) is 15.0. The molecule has 1 saturated carbocycles. The van der Waals surface area contributed by atoms with Crippen LogP contribution in [0.2, 0.25) is 5.02 Å². The maximum Gasteiger partial charge on any atom is 0.306 e. The molecule has 0 radical (unpaired) electrons. The smallest absolute Gasteiger partial charge is 0.306 e. The first kappa shape index (κ1) is 23.7. The summed E-state index contributed by atoms with van der Waals surface area (Å²) in [7, 11) is 0. The Balaban J connectivity index is 0.00000289. The molecule has 1 aliphatic carbocycles. The van der Waals surface area contributed by atoms with Crippen LogP contribution in [0.25, 0.3) is 11.3 Å². The highest BCUT2D eigenvalue weighted by atomic mass is 35.5. The number of rotatable bonds is 7. The number of carboxylic acid groups (broad SMARTS) is 1. The first-order valence-electron chi connectivity index (χ1n) is 10.3. The molecule has 0 aliphatic heterocycles. The average molecular weight is 456 g/mol. The topological polar surface area (TPSA) is 75.1 Å². The van der Waals surface area contributed by atoms with Gasteiger partial charge in [0.1, 0.15) is 11.6 Å². The Morgan fingerprint density at radius 3 is 2.75 bits per heavy atom. The van der Waals surface area contributed by atoms with Crippen molar-refractivity contribution < 1.29 is 14.3 Å². The Bertz CT molecular complexity index is 1090. The molecule has 0 spiro atoms. The van der Waals surface area contributed by atoms with Gasteiger partial charge >= 0.3 is 5.97 Å². The quantitative estimate of drug-likeness (QED) is 0.441. The third-order valence-corrected chi connectivity index (χ3v) is 5.99. The zero-order valence-corrected chi connectivity index (χ0v) is 17.6. The molecule has 7 heteroatoms. The summed E-state index contributed by atoms with van der Waals surface area (Å²) in [6, 6.07) is 14.0. The summed E-state index contributed by atoms with van der Waals surface area (Å²) in [5.74, 6) is -0.251. The molecule has 0 amide bonds. The number of nitrogens with zero attached hydrogens (tertiary/aromatic N) is 2. The molecule has 2 heterocycles. The van der Waals surface area contributed by atoms with Gasteiger partial charge in [0.2, 0.25) is 0 Å². The molecule has 1 fully saturated rings. The van der Waals surface area contributed by atoms with Crippen LogP contribution in [0.5, 0.6) is 0 Å². The summed E-state index contributed by atoms with van der Waals surface area (Å²) in [4.78, 5) is 20.3. The van der Waals surface area contributed by atoms with Crippen LogP contribution < -0.4 is 5.32 Å². The van der Waals surface area contributed by atoms with Crippen LogP contribution in [-0.2, 0) is 17.8 Å². The number of nitrogens with one attached hydrogen (secondary N) is 1. The molecule has 0 unspecified atom stereocenters. The minimum Gasteiger partial charge on any atom is -0.481 e. The largest absolute Gasteiger partial charge is 0.481 e. The van der Waals surface area contributed by atoms with Crippen molar-refractivity contribution in [2.24, 2.45) is 11.8 Å². The Kier molecular flexibility index (Phi) is 7.80. The highest BCUT2D eigenvalue weighted by molar-refractivity contribution is 6.33. The molecule has 4 rings (SSSR count). The minimum absolute atomic E-state index is 0. The van der Waals surface area contributed by atoms with Crippen molar-refractivity contribution in [3.8, 4) is 11.3 Å². The van der Waals surface area contributed by atoms with Gasteiger partial charge in [-0.3, -0.25) is 9.78 Å². The second kappa shape index (κ2) is 10.6. The van der Waals surface area contributed by atoms with Gasteiger partial charge in [0.15, 0.2) is 0 Å². The summed E-state index contributed by atoms with van der Waals surface area (Å²) in [6.45, 7) is 0.454. The molecule has 32 heavy (non-hydrogen) atoms. The predicted octanol–water partition coefficient (Wildman–Crippen LogP) is 6.23. The van der Waals surface area contributed by atoms with Crippen LogP contribution in [0.15, 0.2) is 54.7 Å². The van der Waals surface area contributed by atoms with E-state index in [2.05, 4.69) is 15.3 Å². The first-order valence-corrected chi connectivity index (χ1v) is 10.7. The molecular formula is C25H27ClFN3O2. The van der Waals surface area contributed by atoms with E-state index in [9.17, 15) is 14.3 Å². The van der Waals surface area contributed by atoms with Crippen LogP contribution in [0.3, 0.4) is 0 Å². The van der Waals surface area contributed by atoms with E-state index in [0.29, 0.717) is 35.4 Å². The number of halogens is 2. The maximum absolute atomic E-state index is 13.4. The summed E-state index contributed by atoms with van der Waals surface area (Å²) < 4.78 is 13.4. The second-order valence-electron chi connectivity index (χ2n) is 7.97. The Hall–Kier alpha value is -2.99. The summed E-state index contributed by atoms with van der Waals surface area (Å²) in [5, 5.41) is 12.9. The molecule has 0 bridgehead atoms. The zero-order valence-electron chi connectivity index (χ0n) is 16.9. The number of pyridine rings is 2. The molecule has 3 aromatic rings. The molecule has 2 N–H and O–H groups in total. The van der Waals surface area contributed by atoms with E-state index in [4.69, 9.17) is 11.6 Å². The standard InChI is InChI=1S/C24H23ClFN3O2.CH4/c25-21-14-27-19(11-15-7-8-17(9-15)24(30)31)12-20(21)22-5-2-6-23(29-22)28-13-16-3-1-4-18(26)10-16;/h1-6,10,12,14-15,17H,7-9,11,13H2,(H,28,29)(H,30,31);1H4/t15-,17+;/m1./s1. The lowest BCUT2D eigenvalue weighted by molar-refractivity contribution is -0.141. The number of aromatic nitrogens is 2. The summed E-state index contributed by atoms with van der Waals surface area (Å²) in [5.41, 5.74) is 3.21. The van der Waals surface area contributed by atoms with Crippen LogP contribution in [-0.4, -0.2) is 21.0 Å². The number of hydrogen-bond donors (Lipinski definition) is 2. The molecule has 1 aliphatic rings. The predicted molar refractivity (Wildman–Crippen MR) is 125 cm³/mol. The number of carbonyl (C=O) groups is 1. The molecule has 0 saturated heterocycles. The second-order valence-corrected chi connectivity index (χ2v) is 8.37. The van der Waals surface area contributed by atoms with Gasteiger partial charge in [-0.1, -0.05) is 37.2 Å². The van der Waals surface area contributed by atoms with E-state index >= 15 is 0 Å². The third-order valence-electron chi connectivity index (χ3n) is 5.69. The van der Waals surface area contributed by atoms with Crippen molar-refractivity contribution >= 4 is 23.4 Å². The normalized spacial score (nSPS) is 17.6. The molecule has 168 valence electrons. The van der Waals surface area contributed by atoms with Gasteiger partial charge in [-0.15, -0.1) is 0 Å². The third kappa shape index (κ3) is 5.82. The van der Waals surface area contributed by atoms with Gasteiger partial charge in [0.05, 0.1) is 16.6 Å². The highest BCUT2D eigenvalue weighted by Gasteiger charge is 2.30. The fourth-order valence-electron chi connectivity index (χ4n) is 4.09. The van der Waals surface area contributed by atoms with E-state index in [-0.39, 0.29) is 19.2 Å². The lowest BCUT2D eigenvalue weighted by atomic mass is 9.98. The van der Waals surface area contributed by atoms with Crippen molar-refractivity contribution in [3.63, 3.8) is 0 Å². The summed E-state index contributed by atoms with van der Waals surface area (Å²) in [6.07, 6.45) is 4.66. The van der Waals surface area contributed by atoms with Gasteiger partial charge < -0.3 is 10.4 Å². The van der Waals surface area contributed by atoms with Crippen molar-refractivity contribution in [3.05, 3.63) is 76.8 Å². The van der Waals surface area contributed by atoms with E-state index in [1.54, 1.807) is 12.3 Å². The number of benzene rings is 1. The Morgan fingerprint density at radius 1 is 1.19 bits per heavy atom. The fourth-order valence-corrected chi connectivity index (χ4v) is 4.29. The minimum atomic E-state index is -0.709. The molecule has 1 aromatic carbocycles. The van der Waals surface area contributed by atoms with Gasteiger partial charge in [-0.25, -0.2) is 9.37 Å². The number of hydrogen-bond acceptors (Lipinski definition) is 4. The average Bonchev–Trinajstić information content (AvgIpc) is 3.23. The number of aliphatic carboxylic acids is 1. The molecule has 2 atom stereocenters. The fraction of sp³-hybridized carbons (Fsp3) is 0.320. The van der Waals surface area contributed by atoms with E-state index < -0.39 is 5.97 Å². The molecule has 2 aromatic heterocycles. The Morgan fingerprint density at radius 2 is 2.00 bits per heavy atom. The van der Waals surface area contributed by atoms with Gasteiger partial charge in [-0.05, 0) is 67.5 Å². The SMILES string of the molecule is C.O=C(O)[C@H]1CC[C@@H](Cc2cc(-c3cccc(NCc4cccc(F)c4)n3)c(Cl)cn2)C1. The maximum atomic E-state index is 13.4. The molecular weight excluding hydrogens is 429 g/mol. The van der Waals surface area contributed by atoms with Crippen LogP contribution in [0, 0.1) is 17.7 Å². The number of anilines is 1. The van der Waals surface area contributed by atoms with Crippen LogP contribution in [0.4, 0.5) is 10.2 Å². The molecule has 5 nitrogen and oxygen atoms in total. The number of carboxylic acids is 1. The van der Waals surface area contributed by atoms with Gasteiger partial charge in [0, 0.05) is 24.0 Å². The van der Waals surface area contributed by atoms with Crippen molar-refractivity contribution in [2.45, 2.75) is 39.7 Å². The lowest BCUT2D eigenvalue weighted by Crippen LogP contribution is -2.10. The van der Waals surface area contributed by atoms with E-state index in [1.807, 2.05) is 30.3 Å². The van der Waals surface area contributed by atoms with Crippen molar-refractivity contribution in [1.29, 1.82) is 0 Å². The zero-order chi connectivity index (χ0) is 21.8. The van der Waals surface area contributed by atoms with Gasteiger partial charge in [0.25, 0.3) is 0 Å². The van der Waals surface area contributed by atoms with Crippen molar-refractivity contribution in [1.82, 2.24) is 9.97 Å². The monoisotopic (exact) mass is 455 g/mol. The van der Waals surface area contributed by atoms with Crippen LogP contribution in [0.1, 0.15) is 37.9 Å².